The Morgan fingerprint density at radius 3 is 2.42 bits per heavy atom. The maximum absolute atomic E-state index is 13.1. The fourth-order valence-corrected chi connectivity index (χ4v) is 4.36. The first-order valence-corrected chi connectivity index (χ1v) is 9.95. The van der Waals surface area contributed by atoms with Crippen LogP contribution in [-0.2, 0) is 4.79 Å². The molecule has 1 aliphatic carbocycles. The van der Waals surface area contributed by atoms with Gasteiger partial charge in [0.05, 0.1) is 5.92 Å². The summed E-state index contributed by atoms with van der Waals surface area (Å²) >= 11 is 0. The fourth-order valence-electron chi connectivity index (χ4n) is 4.36. The number of hydrogen-bond acceptors (Lipinski definition) is 2. The lowest BCUT2D eigenvalue weighted by Crippen LogP contribution is -2.50. The number of likely N-dealkylation sites (tertiary alicyclic amines) is 1. The van der Waals surface area contributed by atoms with E-state index in [1.165, 1.54) is 43.5 Å². The molecule has 142 valence electrons. The molecular formula is C21H29FN2O2. The number of carbonyl (C=O) groups excluding carboxylic acids is 2. The Bertz CT molecular complexity index is 625. The summed E-state index contributed by atoms with van der Waals surface area (Å²) in [6.45, 7) is 3.93. The molecule has 3 rings (SSSR count). The van der Waals surface area contributed by atoms with Crippen molar-refractivity contribution in [3.63, 3.8) is 0 Å². The molecule has 1 aliphatic heterocycles. The van der Waals surface area contributed by atoms with Gasteiger partial charge in [0, 0.05) is 31.2 Å². The van der Waals surface area contributed by atoms with Gasteiger partial charge in [0.25, 0.3) is 5.91 Å². The van der Waals surface area contributed by atoms with Gasteiger partial charge in [0.2, 0.25) is 5.91 Å². The second-order valence-corrected chi connectivity index (χ2v) is 7.51. The molecule has 0 radical (unpaired) electrons. The van der Waals surface area contributed by atoms with Crippen LogP contribution >= 0.6 is 0 Å². The molecule has 1 saturated carbocycles. The van der Waals surface area contributed by atoms with Crippen LogP contribution in [0.15, 0.2) is 24.3 Å². The molecule has 1 heterocycles. The predicted molar refractivity (Wildman–Crippen MR) is 99.3 cm³/mol. The molecule has 5 heteroatoms. The Labute approximate surface area is 155 Å². The van der Waals surface area contributed by atoms with E-state index < -0.39 is 0 Å². The van der Waals surface area contributed by atoms with Gasteiger partial charge < -0.3 is 9.80 Å². The van der Waals surface area contributed by atoms with Crippen molar-refractivity contribution in [1.82, 2.24) is 9.80 Å². The lowest BCUT2D eigenvalue weighted by molar-refractivity contribution is -0.139. The van der Waals surface area contributed by atoms with E-state index in [1.54, 1.807) is 4.90 Å². The van der Waals surface area contributed by atoms with Crippen molar-refractivity contribution in [2.75, 3.05) is 19.6 Å². The largest absolute Gasteiger partial charge is 0.340 e. The van der Waals surface area contributed by atoms with Crippen molar-refractivity contribution < 1.29 is 14.0 Å². The normalized spacial score (nSPS) is 21.5. The minimum Gasteiger partial charge on any atom is -0.340 e. The second-order valence-electron chi connectivity index (χ2n) is 7.51. The average molecular weight is 360 g/mol. The van der Waals surface area contributed by atoms with Crippen LogP contribution in [0.4, 0.5) is 4.39 Å². The summed E-state index contributed by atoms with van der Waals surface area (Å²) in [4.78, 5) is 29.6. The van der Waals surface area contributed by atoms with Crippen LogP contribution in [0.5, 0.6) is 0 Å². The molecule has 0 bridgehead atoms. The number of carbonyl (C=O) groups is 2. The highest BCUT2D eigenvalue weighted by Crippen LogP contribution is 2.27. The van der Waals surface area contributed by atoms with Crippen LogP contribution in [0.1, 0.15) is 62.2 Å². The van der Waals surface area contributed by atoms with Crippen LogP contribution in [-0.4, -0.2) is 47.3 Å². The van der Waals surface area contributed by atoms with Crippen molar-refractivity contribution in [1.29, 1.82) is 0 Å². The molecule has 0 N–H and O–H groups in total. The van der Waals surface area contributed by atoms with Crippen molar-refractivity contribution in [2.24, 2.45) is 5.92 Å². The summed E-state index contributed by atoms with van der Waals surface area (Å²) in [5, 5.41) is 0. The first-order valence-electron chi connectivity index (χ1n) is 9.95. The molecule has 0 spiro atoms. The van der Waals surface area contributed by atoms with Crippen molar-refractivity contribution in [2.45, 2.75) is 57.9 Å². The Kier molecular flexibility index (Phi) is 6.28. The number of hydrogen-bond donors (Lipinski definition) is 0. The molecular weight excluding hydrogens is 331 g/mol. The first-order chi connectivity index (χ1) is 12.6. The van der Waals surface area contributed by atoms with Gasteiger partial charge in [-0.25, -0.2) is 4.39 Å². The van der Waals surface area contributed by atoms with Gasteiger partial charge in [-0.3, -0.25) is 9.59 Å². The number of piperidine rings is 1. The maximum Gasteiger partial charge on any atom is 0.253 e. The van der Waals surface area contributed by atoms with Crippen molar-refractivity contribution >= 4 is 11.8 Å². The standard InChI is InChI=1S/C21H29FN2O2/c1-2-24(19-8-4-3-5-9-19)21(26)17-7-6-14-23(15-17)20(25)16-10-12-18(22)13-11-16/h10-13,17,19H,2-9,14-15H2,1H3. The van der Waals surface area contributed by atoms with E-state index in [0.717, 1.165) is 32.2 Å². The van der Waals surface area contributed by atoms with Crippen LogP contribution < -0.4 is 0 Å². The lowest BCUT2D eigenvalue weighted by atomic mass is 9.91. The Balaban J connectivity index is 1.65. The zero-order valence-electron chi connectivity index (χ0n) is 15.6. The summed E-state index contributed by atoms with van der Waals surface area (Å²) in [6, 6.07) is 6.01. The van der Waals surface area contributed by atoms with E-state index in [9.17, 15) is 14.0 Å². The number of nitrogens with zero attached hydrogens (tertiary/aromatic N) is 2. The van der Waals surface area contributed by atoms with Crippen molar-refractivity contribution in [3.05, 3.63) is 35.6 Å². The number of rotatable bonds is 4. The van der Waals surface area contributed by atoms with E-state index in [-0.39, 0.29) is 23.5 Å². The van der Waals surface area contributed by atoms with E-state index in [0.29, 0.717) is 24.7 Å². The molecule has 2 fully saturated rings. The quantitative estimate of drug-likeness (QED) is 0.818. The van der Waals surface area contributed by atoms with Gasteiger partial charge in [-0.05, 0) is 56.9 Å². The van der Waals surface area contributed by atoms with Crippen molar-refractivity contribution in [3.8, 4) is 0 Å². The fraction of sp³-hybridized carbons (Fsp3) is 0.619. The van der Waals surface area contributed by atoms with Crippen LogP contribution in [0.3, 0.4) is 0 Å². The lowest BCUT2D eigenvalue weighted by Gasteiger charge is -2.39. The van der Waals surface area contributed by atoms with E-state index in [2.05, 4.69) is 11.8 Å². The predicted octanol–water partition coefficient (Wildman–Crippen LogP) is 3.86. The minimum absolute atomic E-state index is 0.108. The second kappa shape index (κ2) is 8.65. The summed E-state index contributed by atoms with van der Waals surface area (Å²) < 4.78 is 13.1. The first kappa shape index (κ1) is 18.9. The molecule has 2 aliphatic rings. The highest BCUT2D eigenvalue weighted by molar-refractivity contribution is 5.94. The highest BCUT2D eigenvalue weighted by Gasteiger charge is 2.34. The summed E-state index contributed by atoms with van der Waals surface area (Å²) in [5.74, 6) is -0.367. The summed E-state index contributed by atoms with van der Waals surface area (Å²) in [6.07, 6.45) is 7.56. The van der Waals surface area contributed by atoms with Gasteiger partial charge in [0.1, 0.15) is 5.82 Å². The van der Waals surface area contributed by atoms with Gasteiger partial charge in [-0.1, -0.05) is 19.3 Å². The zero-order chi connectivity index (χ0) is 18.5. The molecule has 2 amide bonds. The Morgan fingerprint density at radius 2 is 1.77 bits per heavy atom. The third-order valence-electron chi connectivity index (χ3n) is 5.79. The van der Waals surface area contributed by atoms with E-state index in [1.807, 2.05) is 0 Å². The molecule has 1 aromatic carbocycles. The molecule has 1 atom stereocenters. The monoisotopic (exact) mass is 360 g/mol. The average Bonchev–Trinajstić information content (AvgIpc) is 2.69. The van der Waals surface area contributed by atoms with Gasteiger partial charge in [-0.2, -0.15) is 0 Å². The topological polar surface area (TPSA) is 40.6 Å². The minimum atomic E-state index is -0.348. The van der Waals surface area contributed by atoms with Crippen LogP contribution in [0.2, 0.25) is 0 Å². The zero-order valence-corrected chi connectivity index (χ0v) is 15.6. The van der Waals surface area contributed by atoms with Gasteiger partial charge >= 0.3 is 0 Å². The maximum atomic E-state index is 13.1. The molecule has 1 saturated heterocycles. The Morgan fingerprint density at radius 1 is 1.08 bits per heavy atom. The Hall–Kier alpha value is -1.91. The highest BCUT2D eigenvalue weighted by atomic mass is 19.1. The molecule has 26 heavy (non-hydrogen) atoms. The molecule has 1 unspecified atom stereocenters. The van der Waals surface area contributed by atoms with E-state index in [4.69, 9.17) is 0 Å². The number of benzene rings is 1. The summed E-state index contributed by atoms with van der Waals surface area (Å²) in [7, 11) is 0. The SMILES string of the molecule is CCN(C(=O)C1CCCN(C(=O)c2ccc(F)cc2)C1)C1CCCCC1. The third kappa shape index (κ3) is 4.25. The van der Waals surface area contributed by atoms with Gasteiger partial charge in [-0.15, -0.1) is 0 Å². The number of halogens is 1. The third-order valence-corrected chi connectivity index (χ3v) is 5.79. The molecule has 0 aromatic heterocycles. The smallest absolute Gasteiger partial charge is 0.253 e. The van der Waals surface area contributed by atoms with Crippen LogP contribution in [0, 0.1) is 11.7 Å². The van der Waals surface area contributed by atoms with E-state index >= 15 is 0 Å². The molecule has 1 aromatic rings. The summed E-state index contributed by atoms with van der Waals surface area (Å²) in [5.41, 5.74) is 0.485. The number of amides is 2. The van der Waals surface area contributed by atoms with Crippen LogP contribution in [0.25, 0.3) is 0 Å². The molecule has 4 nitrogen and oxygen atoms in total. The van der Waals surface area contributed by atoms with Gasteiger partial charge in [0.15, 0.2) is 0 Å².